The Kier molecular flexibility index (Phi) is 6.00. The summed E-state index contributed by atoms with van der Waals surface area (Å²) in [6, 6.07) is 17.6. The van der Waals surface area contributed by atoms with Gasteiger partial charge in [-0.1, -0.05) is 59.8 Å². The van der Waals surface area contributed by atoms with Gasteiger partial charge in [0, 0.05) is 17.3 Å². The molecule has 0 spiro atoms. The van der Waals surface area contributed by atoms with Crippen molar-refractivity contribution in [1.29, 1.82) is 0 Å². The fourth-order valence-corrected chi connectivity index (χ4v) is 3.81. The van der Waals surface area contributed by atoms with Crippen molar-refractivity contribution in [2.24, 2.45) is 0 Å². The summed E-state index contributed by atoms with van der Waals surface area (Å²) >= 11 is 7.87. The van der Waals surface area contributed by atoms with Crippen LogP contribution < -0.4 is 4.74 Å². The molecule has 0 fully saturated rings. The molecule has 0 bridgehead atoms. The van der Waals surface area contributed by atoms with Crippen LogP contribution in [0.1, 0.15) is 31.3 Å². The van der Waals surface area contributed by atoms with Gasteiger partial charge < -0.3 is 9.30 Å². The summed E-state index contributed by atoms with van der Waals surface area (Å²) in [4.78, 5) is 0. The molecule has 0 radical (unpaired) electrons. The van der Waals surface area contributed by atoms with Gasteiger partial charge in [0.25, 0.3) is 0 Å². The Morgan fingerprint density at radius 1 is 1.08 bits per heavy atom. The summed E-state index contributed by atoms with van der Waals surface area (Å²) in [5.41, 5.74) is 1.09. The zero-order chi connectivity index (χ0) is 17.6. The van der Waals surface area contributed by atoms with E-state index < -0.39 is 0 Å². The van der Waals surface area contributed by atoms with Crippen molar-refractivity contribution in [3.63, 3.8) is 0 Å². The molecule has 1 aromatic heterocycles. The van der Waals surface area contributed by atoms with Crippen molar-refractivity contribution in [3.8, 4) is 5.75 Å². The molecule has 0 saturated carbocycles. The van der Waals surface area contributed by atoms with Crippen molar-refractivity contribution in [2.45, 2.75) is 37.4 Å². The van der Waals surface area contributed by atoms with Crippen molar-refractivity contribution < 1.29 is 4.74 Å². The SMILES string of the molecule is CCn1c(SCc2ccccc2Cl)nnc1[C@H](C)Oc1ccccc1. The number of benzene rings is 2. The largest absolute Gasteiger partial charge is 0.483 e. The Balaban J connectivity index is 1.73. The van der Waals surface area contributed by atoms with Crippen LogP contribution in [0.15, 0.2) is 59.8 Å². The van der Waals surface area contributed by atoms with E-state index in [0.29, 0.717) is 0 Å². The Labute approximate surface area is 157 Å². The Bertz CT molecular complexity index is 823. The highest BCUT2D eigenvalue weighted by Gasteiger charge is 2.19. The van der Waals surface area contributed by atoms with E-state index in [9.17, 15) is 0 Å². The maximum Gasteiger partial charge on any atom is 0.191 e. The highest BCUT2D eigenvalue weighted by molar-refractivity contribution is 7.98. The number of thioether (sulfide) groups is 1. The van der Waals surface area contributed by atoms with Gasteiger partial charge in [0.1, 0.15) is 5.75 Å². The minimum absolute atomic E-state index is 0.176. The number of halogens is 1. The molecule has 1 heterocycles. The average Bonchev–Trinajstić information content (AvgIpc) is 3.05. The molecule has 25 heavy (non-hydrogen) atoms. The highest BCUT2D eigenvalue weighted by Crippen LogP contribution is 2.28. The second-order valence-corrected chi connectivity index (χ2v) is 6.89. The summed E-state index contributed by atoms with van der Waals surface area (Å²) in [6.45, 7) is 4.86. The summed E-state index contributed by atoms with van der Waals surface area (Å²) in [5.74, 6) is 2.41. The minimum atomic E-state index is -0.176. The molecule has 130 valence electrons. The van der Waals surface area contributed by atoms with Crippen LogP contribution in [-0.2, 0) is 12.3 Å². The molecule has 0 aliphatic rings. The van der Waals surface area contributed by atoms with Crippen LogP contribution in [0.25, 0.3) is 0 Å². The minimum Gasteiger partial charge on any atom is -0.483 e. The molecule has 0 N–H and O–H groups in total. The number of ether oxygens (including phenoxy) is 1. The van der Waals surface area contributed by atoms with Gasteiger partial charge in [0.05, 0.1) is 0 Å². The lowest BCUT2D eigenvalue weighted by Crippen LogP contribution is -2.11. The third-order valence-electron chi connectivity index (χ3n) is 3.80. The second kappa shape index (κ2) is 8.41. The van der Waals surface area contributed by atoms with E-state index in [1.807, 2.05) is 61.5 Å². The Morgan fingerprint density at radius 2 is 1.80 bits per heavy atom. The number of nitrogens with zero attached hydrogens (tertiary/aromatic N) is 3. The normalized spacial score (nSPS) is 12.1. The van der Waals surface area contributed by atoms with Gasteiger partial charge in [0.15, 0.2) is 17.1 Å². The molecule has 1 atom stereocenters. The Hall–Kier alpha value is -1.98. The highest BCUT2D eigenvalue weighted by atomic mass is 35.5. The molecular formula is C19H20ClN3OS. The number of hydrogen-bond acceptors (Lipinski definition) is 4. The molecule has 0 aliphatic heterocycles. The molecule has 6 heteroatoms. The van der Waals surface area contributed by atoms with E-state index >= 15 is 0 Å². The van der Waals surface area contributed by atoms with E-state index in [1.165, 1.54) is 0 Å². The molecule has 3 aromatic rings. The lowest BCUT2D eigenvalue weighted by Gasteiger charge is -2.15. The molecule has 3 rings (SSSR count). The van der Waals surface area contributed by atoms with Crippen molar-refractivity contribution in [3.05, 3.63) is 71.0 Å². The maximum atomic E-state index is 6.23. The third-order valence-corrected chi connectivity index (χ3v) is 5.18. The zero-order valence-electron chi connectivity index (χ0n) is 14.2. The smallest absolute Gasteiger partial charge is 0.191 e. The summed E-state index contributed by atoms with van der Waals surface area (Å²) in [6.07, 6.45) is -0.176. The van der Waals surface area contributed by atoms with Gasteiger partial charge in [-0.25, -0.2) is 0 Å². The van der Waals surface area contributed by atoms with Crippen LogP contribution in [0.4, 0.5) is 0 Å². The van der Waals surface area contributed by atoms with E-state index in [2.05, 4.69) is 21.7 Å². The maximum absolute atomic E-state index is 6.23. The van der Waals surface area contributed by atoms with Gasteiger partial charge in [-0.05, 0) is 37.6 Å². The first kappa shape index (κ1) is 17.8. The monoisotopic (exact) mass is 373 g/mol. The second-order valence-electron chi connectivity index (χ2n) is 5.54. The average molecular weight is 374 g/mol. The fraction of sp³-hybridized carbons (Fsp3) is 0.263. The van der Waals surface area contributed by atoms with Crippen molar-refractivity contribution in [1.82, 2.24) is 14.8 Å². The van der Waals surface area contributed by atoms with E-state index in [0.717, 1.165) is 39.6 Å². The first-order chi connectivity index (χ1) is 12.2. The quantitative estimate of drug-likeness (QED) is 0.521. The van der Waals surface area contributed by atoms with Crippen LogP contribution in [0.2, 0.25) is 5.02 Å². The standard InChI is InChI=1S/C19H20ClN3OS/c1-3-23-18(14(2)24-16-10-5-4-6-11-16)21-22-19(23)25-13-15-9-7-8-12-17(15)20/h4-12,14H,3,13H2,1-2H3/t14-/m0/s1. The van der Waals surface area contributed by atoms with Crippen LogP contribution in [0, 0.1) is 0 Å². The molecule has 0 saturated heterocycles. The van der Waals surface area contributed by atoms with Crippen molar-refractivity contribution in [2.75, 3.05) is 0 Å². The van der Waals surface area contributed by atoms with E-state index in [4.69, 9.17) is 16.3 Å². The topological polar surface area (TPSA) is 39.9 Å². The van der Waals surface area contributed by atoms with Crippen LogP contribution >= 0.6 is 23.4 Å². The van der Waals surface area contributed by atoms with Gasteiger partial charge in [-0.15, -0.1) is 10.2 Å². The third kappa shape index (κ3) is 4.35. The molecule has 4 nitrogen and oxygen atoms in total. The molecule has 0 aliphatic carbocycles. The van der Waals surface area contributed by atoms with Crippen LogP contribution in [0.3, 0.4) is 0 Å². The molecule has 0 amide bonds. The van der Waals surface area contributed by atoms with Crippen molar-refractivity contribution >= 4 is 23.4 Å². The fourth-order valence-electron chi connectivity index (χ4n) is 2.52. The summed E-state index contributed by atoms with van der Waals surface area (Å²) in [5, 5.41) is 10.4. The molecule has 2 aromatic carbocycles. The molecular weight excluding hydrogens is 354 g/mol. The predicted molar refractivity (Wildman–Crippen MR) is 102 cm³/mol. The van der Waals surface area contributed by atoms with Crippen LogP contribution in [-0.4, -0.2) is 14.8 Å². The summed E-state index contributed by atoms with van der Waals surface area (Å²) in [7, 11) is 0. The number of hydrogen-bond donors (Lipinski definition) is 0. The van der Waals surface area contributed by atoms with E-state index in [1.54, 1.807) is 11.8 Å². The zero-order valence-corrected chi connectivity index (χ0v) is 15.8. The van der Waals surface area contributed by atoms with Crippen LogP contribution in [0.5, 0.6) is 5.75 Å². The number of para-hydroxylation sites is 1. The van der Waals surface area contributed by atoms with Gasteiger partial charge >= 0.3 is 0 Å². The van der Waals surface area contributed by atoms with E-state index in [-0.39, 0.29) is 6.10 Å². The van der Waals surface area contributed by atoms with Gasteiger partial charge in [-0.3, -0.25) is 0 Å². The number of aromatic nitrogens is 3. The Morgan fingerprint density at radius 3 is 2.52 bits per heavy atom. The first-order valence-electron chi connectivity index (χ1n) is 8.20. The summed E-state index contributed by atoms with van der Waals surface area (Å²) < 4.78 is 8.08. The number of rotatable bonds is 7. The lowest BCUT2D eigenvalue weighted by molar-refractivity contribution is 0.210. The first-order valence-corrected chi connectivity index (χ1v) is 9.56. The lowest BCUT2D eigenvalue weighted by atomic mass is 10.2. The molecule has 0 unspecified atom stereocenters. The van der Waals surface area contributed by atoms with Gasteiger partial charge in [-0.2, -0.15) is 0 Å². The predicted octanol–water partition coefficient (Wildman–Crippen LogP) is 5.38. The van der Waals surface area contributed by atoms with Gasteiger partial charge in [0.2, 0.25) is 0 Å².